The first-order valence-corrected chi connectivity index (χ1v) is 7.20. The third-order valence-corrected chi connectivity index (χ3v) is 3.51. The maximum Gasteiger partial charge on any atom is 0.433 e. The second-order valence-corrected chi connectivity index (χ2v) is 5.89. The predicted molar refractivity (Wildman–Crippen MR) is 81.6 cm³/mol. The molecule has 0 aliphatic heterocycles. The lowest BCUT2D eigenvalue weighted by atomic mass is 10.1. The number of likely N-dealkylation sites (N-methyl/N-ethyl adjacent to an activating group) is 1. The number of halogens is 5. The second kappa shape index (κ2) is 6.31. The highest BCUT2D eigenvalue weighted by Gasteiger charge is 2.34. The van der Waals surface area contributed by atoms with E-state index in [9.17, 15) is 22.4 Å². The van der Waals surface area contributed by atoms with Crippen LogP contribution in [0, 0.1) is 5.82 Å². The van der Waals surface area contributed by atoms with Gasteiger partial charge in [-0.25, -0.2) is 9.37 Å². The van der Waals surface area contributed by atoms with E-state index in [2.05, 4.69) is 26.2 Å². The Morgan fingerprint density at radius 2 is 1.96 bits per heavy atom. The summed E-state index contributed by atoms with van der Waals surface area (Å²) < 4.78 is 53.1. The highest BCUT2D eigenvalue weighted by Crippen LogP contribution is 2.35. The minimum Gasteiger partial charge on any atom is -0.376 e. The van der Waals surface area contributed by atoms with Gasteiger partial charge in [0.25, 0.3) is 0 Å². The Bertz CT molecular complexity index is 762. The van der Waals surface area contributed by atoms with Crippen LogP contribution in [0.15, 0.2) is 22.7 Å². The van der Waals surface area contributed by atoms with Crippen LogP contribution in [0.2, 0.25) is 0 Å². The summed E-state index contributed by atoms with van der Waals surface area (Å²) in [6, 6.07) is 3.23. The number of alkyl halides is 3. The minimum absolute atomic E-state index is 0.0160. The molecule has 0 saturated heterocycles. The summed E-state index contributed by atoms with van der Waals surface area (Å²) >= 11 is 3.09. The number of aromatic nitrogens is 1. The Kier molecular flexibility index (Phi) is 4.79. The van der Waals surface area contributed by atoms with E-state index in [1.165, 1.54) is 25.1 Å². The van der Waals surface area contributed by atoms with Gasteiger partial charge in [-0.1, -0.05) is 15.9 Å². The Hall–Kier alpha value is -1.90. The molecule has 0 aliphatic rings. The number of hydrogen-bond acceptors (Lipinski definition) is 3. The zero-order valence-electron chi connectivity index (χ0n) is 12.1. The maximum atomic E-state index is 14.0. The summed E-state index contributed by atoms with van der Waals surface area (Å²) in [5, 5.41) is 2.77. The molecule has 2 rings (SSSR count). The zero-order valence-corrected chi connectivity index (χ0v) is 13.7. The van der Waals surface area contributed by atoms with Crippen molar-refractivity contribution in [1.82, 2.24) is 9.88 Å². The van der Waals surface area contributed by atoms with Crippen molar-refractivity contribution in [3.05, 3.63) is 34.2 Å². The van der Waals surface area contributed by atoms with Gasteiger partial charge in [-0.2, -0.15) is 13.2 Å². The summed E-state index contributed by atoms with van der Waals surface area (Å²) in [4.78, 5) is 16.3. The molecule has 0 radical (unpaired) electrons. The highest BCUT2D eigenvalue weighted by molar-refractivity contribution is 9.10. The van der Waals surface area contributed by atoms with Gasteiger partial charge < -0.3 is 10.2 Å². The Morgan fingerprint density at radius 1 is 1.30 bits per heavy atom. The predicted octanol–water partition coefficient (Wildman–Crippen LogP) is 3.66. The number of nitrogens with zero attached hydrogens (tertiary/aromatic N) is 2. The second-order valence-electron chi connectivity index (χ2n) is 4.98. The van der Waals surface area contributed by atoms with Crippen molar-refractivity contribution in [1.29, 1.82) is 0 Å². The van der Waals surface area contributed by atoms with Crippen LogP contribution >= 0.6 is 15.9 Å². The number of anilines is 1. The summed E-state index contributed by atoms with van der Waals surface area (Å²) in [7, 11) is 3.04. The number of carbonyl (C=O) groups excluding carboxylic acids is 1. The van der Waals surface area contributed by atoms with Gasteiger partial charge in [0.1, 0.15) is 11.2 Å². The van der Waals surface area contributed by atoms with Crippen molar-refractivity contribution in [3.8, 4) is 0 Å². The van der Waals surface area contributed by atoms with E-state index in [0.717, 1.165) is 12.1 Å². The van der Waals surface area contributed by atoms with Crippen LogP contribution < -0.4 is 5.32 Å². The topological polar surface area (TPSA) is 45.2 Å². The Labute approximate surface area is 137 Å². The molecule has 0 saturated carbocycles. The number of nitrogens with one attached hydrogen (secondary N) is 1. The third-order valence-electron chi connectivity index (χ3n) is 3.05. The first-order valence-electron chi connectivity index (χ1n) is 6.40. The molecule has 2 aromatic rings. The molecule has 0 unspecified atom stereocenters. The Balaban J connectivity index is 2.57. The molecule has 9 heteroatoms. The fourth-order valence-electron chi connectivity index (χ4n) is 1.87. The van der Waals surface area contributed by atoms with Gasteiger partial charge in [0.15, 0.2) is 5.82 Å². The first-order chi connectivity index (χ1) is 10.6. The molecule has 1 aromatic carbocycles. The molecule has 0 spiro atoms. The van der Waals surface area contributed by atoms with E-state index in [-0.39, 0.29) is 23.5 Å². The Morgan fingerprint density at radius 3 is 2.52 bits per heavy atom. The van der Waals surface area contributed by atoms with E-state index in [0.29, 0.717) is 4.47 Å². The molecule has 4 nitrogen and oxygen atoms in total. The third kappa shape index (κ3) is 3.90. The van der Waals surface area contributed by atoms with E-state index in [1.54, 1.807) is 0 Å². The summed E-state index contributed by atoms with van der Waals surface area (Å²) in [6.07, 6.45) is -4.73. The molecule has 124 valence electrons. The quantitative estimate of drug-likeness (QED) is 0.809. The lowest BCUT2D eigenvalue weighted by Gasteiger charge is -2.15. The maximum absolute atomic E-state index is 14.0. The van der Waals surface area contributed by atoms with Gasteiger partial charge in [-0.3, -0.25) is 4.79 Å². The first kappa shape index (κ1) is 17.5. The summed E-state index contributed by atoms with van der Waals surface area (Å²) in [5.41, 5.74) is -1.66. The highest BCUT2D eigenvalue weighted by atomic mass is 79.9. The van der Waals surface area contributed by atoms with Crippen molar-refractivity contribution in [2.24, 2.45) is 0 Å². The van der Waals surface area contributed by atoms with Gasteiger partial charge in [0, 0.05) is 29.6 Å². The normalized spacial score (nSPS) is 11.6. The van der Waals surface area contributed by atoms with Crippen LogP contribution in [-0.2, 0) is 11.0 Å². The largest absolute Gasteiger partial charge is 0.433 e. The number of fused-ring (bicyclic) bond motifs is 1. The molecule has 0 aliphatic carbocycles. The van der Waals surface area contributed by atoms with E-state index in [1.807, 2.05) is 0 Å². The molecular formula is C14H12BrF4N3O. The van der Waals surface area contributed by atoms with Crippen LogP contribution in [-0.4, -0.2) is 36.4 Å². The minimum atomic E-state index is -4.73. The van der Waals surface area contributed by atoms with Crippen LogP contribution in [0.5, 0.6) is 0 Å². The summed E-state index contributed by atoms with van der Waals surface area (Å²) in [6.45, 7) is -0.225. The van der Waals surface area contributed by atoms with Crippen LogP contribution in [0.3, 0.4) is 0 Å². The number of hydrogen-bond donors (Lipinski definition) is 1. The van der Waals surface area contributed by atoms with Crippen LogP contribution in [0.4, 0.5) is 23.2 Å². The van der Waals surface area contributed by atoms with E-state index in [4.69, 9.17) is 0 Å². The molecule has 1 N–H and O–H groups in total. The van der Waals surface area contributed by atoms with Gasteiger partial charge in [-0.05, 0) is 18.2 Å². The van der Waals surface area contributed by atoms with Gasteiger partial charge >= 0.3 is 6.18 Å². The summed E-state index contributed by atoms with van der Waals surface area (Å²) in [5.74, 6) is -1.22. The van der Waals surface area contributed by atoms with Gasteiger partial charge in [0.05, 0.1) is 6.54 Å². The number of pyridine rings is 1. The van der Waals surface area contributed by atoms with Crippen LogP contribution in [0.1, 0.15) is 5.69 Å². The van der Waals surface area contributed by atoms with E-state index >= 15 is 0 Å². The smallest absolute Gasteiger partial charge is 0.376 e. The zero-order chi connectivity index (χ0) is 17.4. The molecule has 1 amide bonds. The molecule has 0 bridgehead atoms. The number of rotatable bonds is 3. The molecular weight excluding hydrogens is 382 g/mol. The average Bonchev–Trinajstić information content (AvgIpc) is 2.43. The average molecular weight is 394 g/mol. The molecule has 1 heterocycles. The molecule has 1 aromatic heterocycles. The lowest BCUT2D eigenvalue weighted by molar-refractivity contribution is -0.140. The lowest BCUT2D eigenvalue weighted by Crippen LogP contribution is -2.28. The fraction of sp³-hybridized carbons (Fsp3) is 0.286. The van der Waals surface area contributed by atoms with Crippen molar-refractivity contribution in [2.45, 2.75) is 6.18 Å². The van der Waals surface area contributed by atoms with Gasteiger partial charge in [0.2, 0.25) is 5.91 Å². The molecule has 0 fully saturated rings. The van der Waals surface area contributed by atoms with Crippen molar-refractivity contribution in [3.63, 3.8) is 0 Å². The number of amides is 1. The van der Waals surface area contributed by atoms with Crippen molar-refractivity contribution < 1.29 is 22.4 Å². The number of benzene rings is 1. The monoisotopic (exact) mass is 393 g/mol. The van der Waals surface area contributed by atoms with Gasteiger partial charge in [-0.15, -0.1) is 0 Å². The SMILES string of the molecule is CN(C)C(=O)CNc1cc(C(F)(F)F)nc2c(F)cc(Br)cc12. The fourth-order valence-corrected chi connectivity index (χ4v) is 2.30. The van der Waals surface area contributed by atoms with E-state index < -0.39 is 23.2 Å². The molecule has 0 atom stereocenters. The van der Waals surface area contributed by atoms with Crippen molar-refractivity contribution >= 4 is 38.4 Å². The molecule has 23 heavy (non-hydrogen) atoms. The number of carbonyl (C=O) groups is 1. The standard InChI is InChI=1S/C14H12BrF4N3O/c1-22(2)12(23)6-20-10-5-11(14(17,18)19)21-13-8(10)3-7(15)4-9(13)16/h3-5H,6H2,1-2H3,(H,20,21). The van der Waals surface area contributed by atoms with Crippen molar-refractivity contribution in [2.75, 3.05) is 26.0 Å². The van der Waals surface area contributed by atoms with Crippen LogP contribution in [0.25, 0.3) is 10.9 Å².